The number of rotatable bonds is 3. The molecule has 1 aromatic rings. The highest BCUT2D eigenvalue weighted by atomic mass is 32.1. The van der Waals surface area contributed by atoms with Crippen LogP contribution in [-0.4, -0.2) is 48.1 Å². The van der Waals surface area contributed by atoms with Crippen molar-refractivity contribution in [2.45, 2.75) is 18.9 Å². The molecule has 1 N–H and O–H groups in total. The van der Waals surface area contributed by atoms with Crippen molar-refractivity contribution in [2.75, 3.05) is 32.5 Å². The van der Waals surface area contributed by atoms with Gasteiger partial charge in [0.25, 0.3) is 0 Å². The van der Waals surface area contributed by atoms with E-state index in [9.17, 15) is 0 Å². The number of anilines is 1. The van der Waals surface area contributed by atoms with Crippen molar-refractivity contribution in [3.05, 3.63) is 30.3 Å². The molecule has 0 bridgehead atoms. The molecule has 4 heteroatoms. The van der Waals surface area contributed by atoms with Crippen LogP contribution in [0.2, 0.25) is 0 Å². The number of benzene rings is 1. The molecule has 1 saturated heterocycles. The smallest absolute Gasteiger partial charge is 0.173 e. The molecule has 1 fully saturated rings. The molecular weight excluding hydrogens is 242 g/mol. The molecule has 1 aliphatic heterocycles. The Kier molecular flexibility index (Phi) is 4.55. The number of nitrogens with one attached hydrogen (secondary N) is 1. The van der Waals surface area contributed by atoms with Crippen molar-refractivity contribution in [3.8, 4) is 0 Å². The zero-order valence-corrected chi connectivity index (χ0v) is 11.9. The van der Waals surface area contributed by atoms with Crippen LogP contribution in [0, 0.1) is 0 Å². The van der Waals surface area contributed by atoms with E-state index in [4.69, 9.17) is 12.2 Å². The SMILES string of the molecule is CN(CC1CCCN1C)C(=S)Nc1ccccc1. The average Bonchev–Trinajstić information content (AvgIpc) is 2.76. The lowest BCUT2D eigenvalue weighted by Gasteiger charge is -2.27. The van der Waals surface area contributed by atoms with Gasteiger partial charge in [-0.15, -0.1) is 0 Å². The van der Waals surface area contributed by atoms with Gasteiger partial charge in [0.05, 0.1) is 0 Å². The summed E-state index contributed by atoms with van der Waals surface area (Å²) in [6.45, 7) is 2.20. The summed E-state index contributed by atoms with van der Waals surface area (Å²) in [5.41, 5.74) is 1.05. The molecule has 98 valence electrons. The van der Waals surface area contributed by atoms with Gasteiger partial charge in [-0.3, -0.25) is 0 Å². The molecule has 1 aliphatic rings. The first kappa shape index (κ1) is 13.3. The second-order valence-electron chi connectivity index (χ2n) is 4.95. The largest absolute Gasteiger partial charge is 0.351 e. The van der Waals surface area contributed by atoms with E-state index in [1.54, 1.807) is 0 Å². The molecule has 18 heavy (non-hydrogen) atoms. The molecular formula is C14H21N3S. The van der Waals surface area contributed by atoms with E-state index >= 15 is 0 Å². The predicted octanol–water partition coefficient (Wildman–Crippen LogP) is 2.41. The van der Waals surface area contributed by atoms with Crippen LogP contribution in [0.3, 0.4) is 0 Å². The van der Waals surface area contributed by atoms with Crippen molar-refractivity contribution >= 4 is 23.0 Å². The maximum absolute atomic E-state index is 5.43. The number of para-hydroxylation sites is 1. The third-order valence-corrected chi connectivity index (χ3v) is 3.94. The molecule has 0 aliphatic carbocycles. The second kappa shape index (κ2) is 6.16. The van der Waals surface area contributed by atoms with Gasteiger partial charge >= 0.3 is 0 Å². The summed E-state index contributed by atoms with van der Waals surface area (Å²) in [4.78, 5) is 4.55. The molecule has 1 atom stereocenters. The summed E-state index contributed by atoms with van der Waals surface area (Å²) in [5, 5.41) is 4.06. The number of thiocarbonyl (C=S) groups is 1. The number of hydrogen-bond donors (Lipinski definition) is 1. The second-order valence-corrected chi connectivity index (χ2v) is 5.34. The minimum Gasteiger partial charge on any atom is -0.351 e. The van der Waals surface area contributed by atoms with Crippen molar-refractivity contribution in [2.24, 2.45) is 0 Å². The van der Waals surface area contributed by atoms with E-state index < -0.39 is 0 Å². The lowest BCUT2D eigenvalue weighted by molar-refractivity contribution is 0.269. The van der Waals surface area contributed by atoms with E-state index in [1.807, 2.05) is 30.3 Å². The van der Waals surface area contributed by atoms with Gasteiger partial charge in [0.1, 0.15) is 0 Å². The van der Waals surface area contributed by atoms with E-state index in [2.05, 4.69) is 29.2 Å². The third kappa shape index (κ3) is 3.43. The Hall–Kier alpha value is -1.13. The fourth-order valence-electron chi connectivity index (χ4n) is 2.35. The summed E-state index contributed by atoms with van der Waals surface area (Å²) in [6.07, 6.45) is 2.57. The average molecular weight is 263 g/mol. The molecule has 3 nitrogen and oxygen atoms in total. The van der Waals surface area contributed by atoms with Crippen LogP contribution in [0.25, 0.3) is 0 Å². The summed E-state index contributed by atoms with van der Waals surface area (Å²) in [7, 11) is 4.25. The Morgan fingerprint density at radius 1 is 1.44 bits per heavy atom. The number of hydrogen-bond acceptors (Lipinski definition) is 2. The van der Waals surface area contributed by atoms with Gasteiger partial charge in [-0.05, 0) is 50.8 Å². The van der Waals surface area contributed by atoms with Crippen molar-refractivity contribution in [3.63, 3.8) is 0 Å². The topological polar surface area (TPSA) is 18.5 Å². The Balaban J connectivity index is 1.85. The van der Waals surface area contributed by atoms with Crippen LogP contribution in [0.5, 0.6) is 0 Å². The van der Waals surface area contributed by atoms with Gasteiger partial charge in [-0.2, -0.15) is 0 Å². The summed E-state index contributed by atoms with van der Waals surface area (Å²) < 4.78 is 0. The van der Waals surface area contributed by atoms with Crippen LogP contribution in [0.1, 0.15) is 12.8 Å². The fourth-order valence-corrected chi connectivity index (χ4v) is 2.54. The first-order chi connectivity index (χ1) is 8.66. The van der Waals surface area contributed by atoms with Crippen LogP contribution in [0.4, 0.5) is 5.69 Å². The minimum absolute atomic E-state index is 0.630. The fraction of sp³-hybridized carbons (Fsp3) is 0.500. The number of likely N-dealkylation sites (tertiary alicyclic amines) is 1. The van der Waals surface area contributed by atoms with Crippen LogP contribution in [0.15, 0.2) is 30.3 Å². The zero-order chi connectivity index (χ0) is 13.0. The van der Waals surface area contributed by atoms with Gasteiger partial charge in [0.2, 0.25) is 0 Å². The predicted molar refractivity (Wildman–Crippen MR) is 80.9 cm³/mol. The minimum atomic E-state index is 0.630. The molecule has 0 radical (unpaired) electrons. The van der Waals surface area contributed by atoms with E-state index in [1.165, 1.54) is 19.4 Å². The molecule has 1 heterocycles. The van der Waals surface area contributed by atoms with Gasteiger partial charge in [-0.25, -0.2) is 0 Å². The van der Waals surface area contributed by atoms with Crippen LogP contribution in [-0.2, 0) is 0 Å². The molecule has 1 unspecified atom stereocenters. The van der Waals surface area contributed by atoms with Gasteiger partial charge in [0, 0.05) is 25.3 Å². The summed E-state index contributed by atoms with van der Waals surface area (Å²) in [6, 6.07) is 10.7. The quantitative estimate of drug-likeness (QED) is 0.844. The van der Waals surface area contributed by atoms with E-state index in [-0.39, 0.29) is 0 Å². The lowest BCUT2D eigenvalue weighted by Crippen LogP contribution is -2.41. The van der Waals surface area contributed by atoms with Crippen LogP contribution >= 0.6 is 12.2 Å². The van der Waals surface area contributed by atoms with Crippen LogP contribution < -0.4 is 5.32 Å². The van der Waals surface area contributed by atoms with Crippen molar-refractivity contribution in [1.82, 2.24) is 9.80 Å². The lowest BCUT2D eigenvalue weighted by atomic mass is 10.2. The molecule has 2 rings (SSSR count). The number of nitrogens with zero attached hydrogens (tertiary/aromatic N) is 2. The molecule has 0 spiro atoms. The molecule has 0 saturated carbocycles. The standard InChI is InChI=1S/C14H21N3S/c1-16-10-6-9-13(16)11-17(2)14(18)15-12-7-4-3-5-8-12/h3-5,7-8,13H,6,9-11H2,1-2H3,(H,15,18). The van der Waals surface area contributed by atoms with Crippen molar-refractivity contribution in [1.29, 1.82) is 0 Å². The first-order valence-corrected chi connectivity index (χ1v) is 6.85. The highest BCUT2D eigenvalue weighted by Crippen LogP contribution is 2.16. The summed E-state index contributed by atoms with van der Waals surface area (Å²) in [5.74, 6) is 0. The maximum Gasteiger partial charge on any atom is 0.173 e. The first-order valence-electron chi connectivity index (χ1n) is 6.44. The Morgan fingerprint density at radius 3 is 2.78 bits per heavy atom. The normalized spacial score (nSPS) is 19.8. The Labute approximate surface area is 115 Å². The van der Waals surface area contributed by atoms with E-state index in [0.29, 0.717) is 6.04 Å². The number of likely N-dealkylation sites (N-methyl/N-ethyl adjacent to an activating group) is 2. The van der Waals surface area contributed by atoms with Gasteiger partial charge in [-0.1, -0.05) is 18.2 Å². The zero-order valence-electron chi connectivity index (χ0n) is 11.1. The Bertz CT molecular complexity index is 393. The monoisotopic (exact) mass is 263 g/mol. The molecule has 1 aromatic carbocycles. The highest BCUT2D eigenvalue weighted by Gasteiger charge is 2.22. The third-order valence-electron chi connectivity index (χ3n) is 3.53. The van der Waals surface area contributed by atoms with Crippen molar-refractivity contribution < 1.29 is 0 Å². The Morgan fingerprint density at radius 2 is 2.17 bits per heavy atom. The molecule has 0 amide bonds. The van der Waals surface area contributed by atoms with Gasteiger partial charge < -0.3 is 15.1 Å². The van der Waals surface area contributed by atoms with Gasteiger partial charge in [0.15, 0.2) is 5.11 Å². The maximum atomic E-state index is 5.43. The summed E-state index contributed by atoms with van der Waals surface area (Å²) >= 11 is 5.43. The van der Waals surface area contributed by atoms with E-state index in [0.717, 1.165) is 17.3 Å². The molecule has 0 aromatic heterocycles. The highest BCUT2D eigenvalue weighted by molar-refractivity contribution is 7.80.